The number of nitrogens with two attached hydrogens (primary N) is 1. The summed E-state index contributed by atoms with van der Waals surface area (Å²) in [5, 5.41) is 2.52. The lowest BCUT2D eigenvalue weighted by molar-refractivity contribution is -0.120. The molecule has 0 aliphatic carbocycles. The van der Waals surface area contributed by atoms with Crippen LogP contribution in [-0.2, 0) is 4.79 Å². The number of benzene rings is 2. The average molecular weight is 382 g/mol. The van der Waals surface area contributed by atoms with Crippen LogP contribution in [0.3, 0.4) is 0 Å². The Labute approximate surface area is 157 Å². The van der Waals surface area contributed by atoms with Gasteiger partial charge in [0.2, 0.25) is 5.91 Å². The molecule has 2 aromatic carbocycles. The second kappa shape index (κ2) is 8.58. The van der Waals surface area contributed by atoms with E-state index in [0.717, 1.165) is 17.7 Å². The molecule has 0 spiro atoms. The van der Waals surface area contributed by atoms with Gasteiger partial charge in [0.25, 0.3) is 0 Å². The van der Waals surface area contributed by atoms with Crippen LogP contribution in [0.15, 0.2) is 48.5 Å². The third-order valence-corrected chi connectivity index (χ3v) is 4.74. The molecule has 3 N–H and O–H groups in total. The first-order valence-electron chi connectivity index (χ1n) is 8.26. The molecule has 1 aliphatic heterocycles. The molecule has 1 amide bonds. The molecule has 4 nitrogen and oxygen atoms in total. The summed E-state index contributed by atoms with van der Waals surface area (Å²) in [4.78, 5) is 14.4. The second-order valence-electron chi connectivity index (χ2n) is 6.42. The van der Waals surface area contributed by atoms with Crippen molar-refractivity contribution in [2.75, 3.05) is 18.4 Å². The lowest BCUT2D eigenvalue weighted by atomic mass is 9.95. The molecule has 0 bridgehead atoms. The van der Waals surface area contributed by atoms with E-state index in [1.807, 2.05) is 35.2 Å². The van der Waals surface area contributed by atoms with Crippen molar-refractivity contribution in [1.29, 1.82) is 0 Å². The molecule has 1 heterocycles. The van der Waals surface area contributed by atoms with Gasteiger partial charge in [-0.1, -0.05) is 30.3 Å². The maximum Gasteiger partial charge on any atom is 0.241 e. The van der Waals surface area contributed by atoms with E-state index in [0.29, 0.717) is 13.1 Å². The lowest BCUT2D eigenvalue weighted by Crippen LogP contribution is -2.41. The zero-order valence-electron chi connectivity index (χ0n) is 14.4. The van der Waals surface area contributed by atoms with E-state index in [4.69, 9.17) is 5.73 Å². The molecule has 1 saturated heterocycles. The number of carbonyl (C=O) groups is 1. The molecule has 1 aliphatic rings. The average Bonchev–Trinajstić information content (AvgIpc) is 2.99. The zero-order chi connectivity index (χ0) is 18.0. The number of nitrogens with zero attached hydrogens (tertiary/aromatic N) is 1. The summed E-state index contributed by atoms with van der Waals surface area (Å²) in [7, 11) is 0. The summed E-state index contributed by atoms with van der Waals surface area (Å²) in [5.41, 5.74) is 7.38. The van der Waals surface area contributed by atoms with E-state index < -0.39 is 17.7 Å². The molecule has 2 aromatic rings. The monoisotopic (exact) mass is 381 g/mol. The summed E-state index contributed by atoms with van der Waals surface area (Å²) in [5.74, 6) is -1.66. The number of nitrogens with one attached hydrogen (secondary N) is 1. The van der Waals surface area contributed by atoms with E-state index >= 15 is 0 Å². The molecule has 0 radical (unpaired) electrons. The second-order valence-corrected chi connectivity index (χ2v) is 6.42. The Bertz CT molecular complexity index is 760. The normalized spacial score (nSPS) is 21.1. The molecule has 7 heteroatoms. The van der Waals surface area contributed by atoms with E-state index in [1.54, 1.807) is 6.92 Å². The van der Waals surface area contributed by atoms with Gasteiger partial charge in [-0.15, -0.1) is 12.4 Å². The number of rotatable bonds is 4. The van der Waals surface area contributed by atoms with Crippen molar-refractivity contribution in [3.05, 3.63) is 65.7 Å². The highest BCUT2D eigenvalue weighted by atomic mass is 35.5. The van der Waals surface area contributed by atoms with E-state index in [1.165, 1.54) is 6.07 Å². The van der Waals surface area contributed by atoms with Crippen molar-refractivity contribution in [3.63, 3.8) is 0 Å². The number of anilines is 1. The lowest BCUT2D eigenvalue weighted by Gasteiger charge is -2.23. The SMILES string of the molecule is CC(C(=O)Nc1ccc(F)cc1F)N1C[C@@H](N)[C@H](c2ccccc2)C1.Cl. The van der Waals surface area contributed by atoms with E-state index in [-0.39, 0.29) is 36.0 Å². The van der Waals surface area contributed by atoms with Crippen LogP contribution in [0, 0.1) is 11.6 Å². The maximum atomic E-state index is 13.7. The van der Waals surface area contributed by atoms with Crippen LogP contribution >= 0.6 is 12.4 Å². The topological polar surface area (TPSA) is 58.4 Å². The fraction of sp³-hybridized carbons (Fsp3) is 0.316. The molecular weight excluding hydrogens is 360 g/mol. The Morgan fingerprint density at radius 3 is 2.54 bits per heavy atom. The predicted molar refractivity (Wildman–Crippen MR) is 100 cm³/mol. The van der Waals surface area contributed by atoms with Crippen molar-refractivity contribution in [1.82, 2.24) is 4.90 Å². The summed E-state index contributed by atoms with van der Waals surface area (Å²) in [6.45, 7) is 3.00. The van der Waals surface area contributed by atoms with Crippen LogP contribution < -0.4 is 11.1 Å². The fourth-order valence-corrected chi connectivity index (χ4v) is 3.22. The van der Waals surface area contributed by atoms with Crippen LogP contribution in [0.5, 0.6) is 0 Å². The highest BCUT2D eigenvalue weighted by Crippen LogP contribution is 2.28. The van der Waals surface area contributed by atoms with Gasteiger partial charge in [-0.05, 0) is 24.6 Å². The van der Waals surface area contributed by atoms with Crippen molar-refractivity contribution in [3.8, 4) is 0 Å². The van der Waals surface area contributed by atoms with Gasteiger partial charge < -0.3 is 11.1 Å². The summed E-state index contributed by atoms with van der Waals surface area (Å²) in [6.07, 6.45) is 0. The Morgan fingerprint density at radius 2 is 1.88 bits per heavy atom. The van der Waals surface area contributed by atoms with Crippen molar-refractivity contribution >= 4 is 24.0 Å². The third kappa shape index (κ3) is 4.38. The van der Waals surface area contributed by atoms with Gasteiger partial charge in [0.15, 0.2) is 0 Å². The molecule has 140 valence electrons. The van der Waals surface area contributed by atoms with Gasteiger partial charge in [0.05, 0.1) is 11.7 Å². The first kappa shape index (κ1) is 20.3. The van der Waals surface area contributed by atoms with Gasteiger partial charge in [-0.2, -0.15) is 0 Å². The number of amides is 1. The molecule has 26 heavy (non-hydrogen) atoms. The highest BCUT2D eigenvalue weighted by Gasteiger charge is 2.35. The summed E-state index contributed by atoms with van der Waals surface area (Å²) in [6, 6.07) is 12.5. The van der Waals surface area contributed by atoms with Crippen molar-refractivity contribution < 1.29 is 13.6 Å². The number of carbonyl (C=O) groups excluding carboxylic acids is 1. The molecule has 1 unspecified atom stereocenters. The van der Waals surface area contributed by atoms with Crippen LogP contribution in [0.4, 0.5) is 14.5 Å². The number of hydrogen-bond acceptors (Lipinski definition) is 3. The first-order chi connectivity index (χ1) is 12.0. The smallest absolute Gasteiger partial charge is 0.241 e. The quantitative estimate of drug-likeness (QED) is 0.855. The zero-order valence-corrected chi connectivity index (χ0v) is 15.2. The minimum Gasteiger partial charge on any atom is -0.326 e. The van der Waals surface area contributed by atoms with Crippen molar-refractivity contribution in [2.45, 2.75) is 24.9 Å². The molecule has 3 atom stereocenters. The standard InChI is InChI=1S/C19H21F2N3O.ClH/c1-12(19(25)23-18-8-7-14(20)9-16(18)21)24-10-15(17(22)11-24)13-5-3-2-4-6-13;/h2-9,12,15,17H,10-11,22H2,1H3,(H,23,25);1H/t12?,15-,17+;/m0./s1. The molecule has 0 aromatic heterocycles. The Kier molecular flexibility index (Phi) is 6.69. The van der Waals surface area contributed by atoms with Crippen LogP contribution in [-0.4, -0.2) is 36.0 Å². The molecule has 0 saturated carbocycles. The van der Waals surface area contributed by atoms with Gasteiger partial charge >= 0.3 is 0 Å². The summed E-state index contributed by atoms with van der Waals surface area (Å²) >= 11 is 0. The third-order valence-electron chi connectivity index (χ3n) is 4.74. The van der Waals surface area contributed by atoms with Crippen LogP contribution in [0.1, 0.15) is 18.4 Å². The van der Waals surface area contributed by atoms with Gasteiger partial charge in [-0.3, -0.25) is 9.69 Å². The number of hydrogen-bond donors (Lipinski definition) is 2. The van der Waals surface area contributed by atoms with E-state index in [2.05, 4.69) is 5.32 Å². The number of halogens is 3. The molecule has 1 fully saturated rings. The number of likely N-dealkylation sites (tertiary alicyclic amines) is 1. The van der Waals surface area contributed by atoms with E-state index in [9.17, 15) is 13.6 Å². The van der Waals surface area contributed by atoms with Gasteiger partial charge in [0.1, 0.15) is 11.6 Å². The first-order valence-corrected chi connectivity index (χ1v) is 8.26. The summed E-state index contributed by atoms with van der Waals surface area (Å²) < 4.78 is 26.7. The van der Waals surface area contributed by atoms with Gasteiger partial charge in [-0.25, -0.2) is 8.78 Å². The molecular formula is C19H22ClF2N3O. The predicted octanol–water partition coefficient (Wildman–Crippen LogP) is 3.14. The Hall–Kier alpha value is -2.02. The minimum absolute atomic E-state index is 0. The minimum atomic E-state index is -0.791. The van der Waals surface area contributed by atoms with Crippen LogP contribution in [0.2, 0.25) is 0 Å². The van der Waals surface area contributed by atoms with Crippen LogP contribution in [0.25, 0.3) is 0 Å². The maximum absolute atomic E-state index is 13.7. The largest absolute Gasteiger partial charge is 0.326 e. The van der Waals surface area contributed by atoms with Gasteiger partial charge in [0, 0.05) is 31.1 Å². The Morgan fingerprint density at radius 1 is 1.19 bits per heavy atom. The highest BCUT2D eigenvalue weighted by molar-refractivity contribution is 5.94. The van der Waals surface area contributed by atoms with Crippen molar-refractivity contribution in [2.24, 2.45) is 5.73 Å². The fourth-order valence-electron chi connectivity index (χ4n) is 3.22. The molecule has 3 rings (SSSR count). The Balaban J connectivity index is 0.00000243.